The summed E-state index contributed by atoms with van der Waals surface area (Å²) in [6.45, 7) is 2.24. The molecule has 0 atom stereocenters. The summed E-state index contributed by atoms with van der Waals surface area (Å²) < 4.78 is 5.49. The second-order valence-electron chi connectivity index (χ2n) is 6.98. The molecule has 3 aromatic rings. The number of hydrogen-bond acceptors (Lipinski definition) is 3. The molecule has 0 radical (unpaired) electrons. The fraction of sp³-hybridized carbons (Fsp3) is 0.391. The molecule has 3 rings (SSSR count). The van der Waals surface area contributed by atoms with Gasteiger partial charge < -0.3 is 9.73 Å². The van der Waals surface area contributed by atoms with Gasteiger partial charge in [-0.25, -0.2) is 0 Å². The van der Waals surface area contributed by atoms with Gasteiger partial charge >= 0.3 is 0 Å². The van der Waals surface area contributed by atoms with Gasteiger partial charge in [-0.15, -0.1) is 0 Å². The third-order valence-corrected chi connectivity index (χ3v) is 4.88. The number of nitrogens with zero attached hydrogens (tertiary/aromatic N) is 1. The first-order valence-electron chi connectivity index (χ1n) is 10.0. The number of para-hydroxylation sites is 1. The largest absolute Gasteiger partial charge is 0.459 e. The van der Waals surface area contributed by atoms with E-state index in [0.717, 1.165) is 29.3 Å². The maximum atomic E-state index is 12.7. The van der Waals surface area contributed by atoms with E-state index in [2.05, 4.69) is 17.2 Å². The average molecular weight is 364 g/mol. The summed E-state index contributed by atoms with van der Waals surface area (Å²) >= 11 is 0. The third kappa shape index (κ3) is 5.19. The zero-order valence-corrected chi connectivity index (χ0v) is 16.0. The molecule has 0 unspecified atom stereocenters. The highest BCUT2D eigenvalue weighted by Gasteiger charge is 2.16. The Hall–Kier alpha value is -2.62. The summed E-state index contributed by atoms with van der Waals surface area (Å²) in [7, 11) is 0. The molecule has 1 amide bonds. The first-order chi connectivity index (χ1) is 13.3. The van der Waals surface area contributed by atoms with Crippen molar-refractivity contribution >= 4 is 22.5 Å². The Morgan fingerprint density at radius 3 is 2.63 bits per heavy atom. The molecule has 142 valence electrons. The molecule has 0 spiro atoms. The van der Waals surface area contributed by atoms with Gasteiger partial charge in [-0.05, 0) is 31.0 Å². The smallest absolute Gasteiger partial charge is 0.291 e. The number of pyridine rings is 1. The molecule has 0 aliphatic carbocycles. The topological polar surface area (TPSA) is 55.1 Å². The molecule has 2 aromatic heterocycles. The Morgan fingerprint density at radius 1 is 1.00 bits per heavy atom. The van der Waals surface area contributed by atoms with Gasteiger partial charge in [-0.3, -0.25) is 9.78 Å². The van der Waals surface area contributed by atoms with Gasteiger partial charge in [-0.1, -0.05) is 63.6 Å². The lowest BCUT2D eigenvalue weighted by molar-refractivity contribution is 0.0995. The minimum Gasteiger partial charge on any atom is -0.459 e. The Bertz CT molecular complexity index is 864. The van der Waals surface area contributed by atoms with Crippen LogP contribution in [0.1, 0.15) is 68.0 Å². The zero-order chi connectivity index (χ0) is 18.9. The van der Waals surface area contributed by atoms with Crippen LogP contribution in [0.5, 0.6) is 0 Å². The van der Waals surface area contributed by atoms with Crippen molar-refractivity contribution in [1.82, 2.24) is 4.98 Å². The van der Waals surface area contributed by atoms with E-state index in [-0.39, 0.29) is 5.91 Å². The summed E-state index contributed by atoms with van der Waals surface area (Å²) in [5.74, 6) is 0.199. The summed E-state index contributed by atoms with van der Waals surface area (Å²) in [6, 6.07) is 11.6. The van der Waals surface area contributed by atoms with Gasteiger partial charge in [0.05, 0.1) is 17.5 Å². The standard InChI is InChI=1S/C23H28N2O2/c1-2-3-4-5-6-7-8-11-19-15-17-27-22(19)23(26)25-20-14-9-12-18-13-10-16-24-21(18)20/h9-10,12-17H,2-8,11H2,1H3,(H,25,26). The quantitative estimate of drug-likeness (QED) is 0.425. The second kappa shape index (κ2) is 9.91. The predicted octanol–water partition coefficient (Wildman–Crippen LogP) is 6.37. The lowest BCUT2D eigenvalue weighted by Gasteiger charge is -2.08. The Kier molecular flexibility index (Phi) is 7.03. The van der Waals surface area contributed by atoms with Crippen LogP contribution in [0.4, 0.5) is 5.69 Å². The Labute approximate surface area is 161 Å². The summed E-state index contributed by atoms with van der Waals surface area (Å²) in [6.07, 6.45) is 13.0. The Balaban J connectivity index is 1.57. The van der Waals surface area contributed by atoms with Crippen molar-refractivity contribution in [2.24, 2.45) is 0 Å². The number of rotatable bonds is 10. The molecule has 0 aliphatic rings. The zero-order valence-electron chi connectivity index (χ0n) is 16.0. The van der Waals surface area contributed by atoms with Crippen molar-refractivity contribution in [1.29, 1.82) is 0 Å². The highest BCUT2D eigenvalue weighted by atomic mass is 16.3. The molecule has 4 nitrogen and oxygen atoms in total. The minimum absolute atomic E-state index is 0.212. The molecule has 27 heavy (non-hydrogen) atoms. The van der Waals surface area contributed by atoms with Crippen molar-refractivity contribution in [2.75, 3.05) is 5.32 Å². The highest BCUT2D eigenvalue weighted by molar-refractivity contribution is 6.07. The van der Waals surface area contributed by atoms with Gasteiger partial charge in [0.15, 0.2) is 5.76 Å². The number of anilines is 1. The fourth-order valence-electron chi connectivity index (χ4n) is 3.39. The molecule has 0 saturated carbocycles. The van der Waals surface area contributed by atoms with Gasteiger partial charge in [0.25, 0.3) is 5.91 Å². The van der Waals surface area contributed by atoms with Crippen LogP contribution in [-0.4, -0.2) is 10.9 Å². The third-order valence-electron chi connectivity index (χ3n) is 4.88. The number of benzene rings is 1. The van der Waals surface area contributed by atoms with E-state index in [1.165, 1.54) is 38.5 Å². The van der Waals surface area contributed by atoms with E-state index < -0.39 is 0 Å². The molecular formula is C23H28N2O2. The van der Waals surface area contributed by atoms with Gasteiger partial charge in [0.2, 0.25) is 0 Å². The van der Waals surface area contributed by atoms with Crippen molar-refractivity contribution in [3.8, 4) is 0 Å². The van der Waals surface area contributed by atoms with Crippen LogP contribution in [0.3, 0.4) is 0 Å². The molecular weight excluding hydrogens is 336 g/mol. The minimum atomic E-state index is -0.212. The van der Waals surface area contributed by atoms with E-state index >= 15 is 0 Å². The van der Waals surface area contributed by atoms with Crippen molar-refractivity contribution in [2.45, 2.75) is 58.3 Å². The number of aromatic nitrogens is 1. The van der Waals surface area contributed by atoms with Gasteiger partial charge in [-0.2, -0.15) is 0 Å². The van der Waals surface area contributed by atoms with Crippen molar-refractivity contribution < 1.29 is 9.21 Å². The molecule has 0 fully saturated rings. The van der Waals surface area contributed by atoms with Crippen LogP contribution >= 0.6 is 0 Å². The lowest BCUT2D eigenvalue weighted by Crippen LogP contribution is -2.13. The average Bonchev–Trinajstić information content (AvgIpc) is 3.16. The van der Waals surface area contributed by atoms with E-state index in [1.807, 2.05) is 36.4 Å². The maximum Gasteiger partial charge on any atom is 0.291 e. The number of carbonyl (C=O) groups is 1. The summed E-state index contributed by atoms with van der Waals surface area (Å²) in [5, 5.41) is 3.96. The van der Waals surface area contributed by atoms with Crippen LogP contribution in [0.25, 0.3) is 10.9 Å². The van der Waals surface area contributed by atoms with Gasteiger partial charge in [0.1, 0.15) is 0 Å². The number of aryl methyl sites for hydroxylation is 1. The van der Waals surface area contributed by atoms with E-state index in [0.29, 0.717) is 11.4 Å². The molecule has 4 heteroatoms. The first-order valence-corrected chi connectivity index (χ1v) is 10.0. The van der Waals surface area contributed by atoms with Crippen LogP contribution in [0.2, 0.25) is 0 Å². The SMILES string of the molecule is CCCCCCCCCc1ccoc1C(=O)Nc1cccc2cccnc12. The van der Waals surface area contributed by atoms with Gasteiger partial charge in [0, 0.05) is 17.1 Å². The van der Waals surface area contributed by atoms with Crippen molar-refractivity contribution in [3.63, 3.8) is 0 Å². The maximum absolute atomic E-state index is 12.7. The number of amides is 1. The Morgan fingerprint density at radius 2 is 1.78 bits per heavy atom. The number of carbonyl (C=O) groups excluding carboxylic acids is 1. The van der Waals surface area contributed by atoms with Crippen LogP contribution in [0.15, 0.2) is 53.3 Å². The molecule has 2 heterocycles. The second-order valence-corrected chi connectivity index (χ2v) is 6.98. The van der Waals surface area contributed by atoms with E-state index in [4.69, 9.17) is 4.42 Å². The van der Waals surface area contributed by atoms with E-state index in [9.17, 15) is 4.79 Å². The van der Waals surface area contributed by atoms with Crippen LogP contribution in [0, 0.1) is 0 Å². The van der Waals surface area contributed by atoms with Crippen molar-refractivity contribution in [3.05, 3.63) is 60.2 Å². The normalized spacial score (nSPS) is 11.0. The highest BCUT2D eigenvalue weighted by Crippen LogP contribution is 2.23. The molecule has 0 bridgehead atoms. The summed E-state index contributed by atoms with van der Waals surface area (Å²) in [5.41, 5.74) is 2.47. The lowest BCUT2D eigenvalue weighted by atomic mass is 10.0. The number of fused-ring (bicyclic) bond motifs is 1. The number of furan rings is 1. The number of hydrogen-bond donors (Lipinski definition) is 1. The molecule has 0 saturated heterocycles. The number of unbranched alkanes of at least 4 members (excludes halogenated alkanes) is 6. The van der Waals surface area contributed by atoms with Crippen LogP contribution in [-0.2, 0) is 6.42 Å². The first kappa shape index (κ1) is 19.2. The molecule has 1 N–H and O–H groups in total. The van der Waals surface area contributed by atoms with E-state index in [1.54, 1.807) is 12.5 Å². The summed E-state index contributed by atoms with van der Waals surface area (Å²) in [4.78, 5) is 17.1. The van der Waals surface area contributed by atoms with Crippen LogP contribution < -0.4 is 5.32 Å². The number of nitrogens with one attached hydrogen (secondary N) is 1. The molecule has 1 aromatic carbocycles. The monoisotopic (exact) mass is 364 g/mol. The fourth-order valence-corrected chi connectivity index (χ4v) is 3.39. The molecule has 0 aliphatic heterocycles. The predicted molar refractivity (Wildman–Crippen MR) is 110 cm³/mol.